The molecule has 3 rings (SSSR count). The molecule has 134 valence electrons. The van der Waals surface area contributed by atoms with E-state index in [0.29, 0.717) is 17.0 Å². The van der Waals surface area contributed by atoms with E-state index in [4.69, 9.17) is 5.84 Å². The van der Waals surface area contributed by atoms with Crippen molar-refractivity contribution in [1.82, 2.24) is 20.2 Å². The molecule has 1 aromatic carbocycles. The highest BCUT2D eigenvalue weighted by atomic mass is 32.2. The molecule has 0 saturated heterocycles. The first kappa shape index (κ1) is 17.8. The van der Waals surface area contributed by atoms with Crippen molar-refractivity contribution in [2.75, 3.05) is 11.6 Å². The molecule has 1 atom stereocenters. The number of nitrogens with two attached hydrogens (primary N) is 1. The minimum absolute atomic E-state index is 0.0181. The maximum atomic E-state index is 12.4. The first-order chi connectivity index (χ1) is 12.0. The van der Waals surface area contributed by atoms with E-state index in [9.17, 15) is 4.79 Å². The number of thioether (sulfide) groups is 1. The number of nitrogens with one attached hydrogen (secondary N) is 1. The highest BCUT2D eigenvalue weighted by molar-refractivity contribution is 7.99. The first-order valence-electron chi connectivity index (χ1n) is 8.72. The van der Waals surface area contributed by atoms with E-state index in [1.165, 1.54) is 16.4 Å². The van der Waals surface area contributed by atoms with E-state index < -0.39 is 0 Å². The van der Waals surface area contributed by atoms with Crippen molar-refractivity contribution in [2.24, 2.45) is 5.92 Å². The molecule has 1 aliphatic rings. The summed E-state index contributed by atoms with van der Waals surface area (Å²) < 4.78 is 1.53. The van der Waals surface area contributed by atoms with Gasteiger partial charge in [-0.05, 0) is 30.7 Å². The Kier molecular flexibility index (Phi) is 5.63. The van der Waals surface area contributed by atoms with Crippen molar-refractivity contribution >= 4 is 17.7 Å². The van der Waals surface area contributed by atoms with Gasteiger partial charge in [-0.2, -0.15) is 0 Å². The minimum atomic E-state index is -0.0181. The van der Waals surface area contributed by atoms with Gasteiger partial charge in [-0.3, -0.25) is 4.79 Å². The maximum Gasteiger partial charge on any atom is 0.230 e. The highest BCUT2D eigenvalue weighted by Crippen LogP contribution is 2.39. The molecule has 25 heavy (non-hydrogen) atoms. The molecule has 1 amide bonds. The summed E-state index contributed by atoms with van der Waals surface area (Å²) in [7, 11) is 0. The summed E-state index contributed by atoms with van der Waals surface area (Å²) in [5.74, 6) is 8.04. The summed E-state index contributed by atoms with van der Waals surface area (Å²) in [6, 6.07) is 10.1. The Labute approximate surface area is 152 Å². The van der Waals surface area contributed by atoms with Gasteiger partial charge in [-0.15, -0.1) is 10.2 Å². The number of hydrogen-bond acceptors (Lipinski definition) is 5. The molecule has 0 unspecified atom stereocenters. The van der Waals surface area contributed by atoms with Crippen LogP contribution in [0.3, 0.4) is 0 Å². The average molecular weight is 359 g/mol. The van der Waals surface area contributed by atoms with E-state index >= 15 is 0 Å². The Morgan fingerprint density at radius 3 is 2.68 bits per heavy atom. The van der Waals surface area contributed by atoms with Crippen LogP contribution in [0.4, 0.5) is 0 Å². The van der Waals surface area contributed by atoms with Crippen LogP contribution in [0.25, 0.3) is 0 Å². The molecule has 6 nitrogen and oxygen atoms in total. The van der Waals surface area contributed by atoms with Gasteiger partial charge in [0.1, 0.15) is 0 Å². The van der Waals surface area contributed by atoms with Gasteiger partial charge >= 0.3 is 0 Å². The molecule has 1 aliphatic carbocycles. The Morgan fingerprint density at radius 2 is 2.04 bits per heavy atom. The zero-order valence-corrected chi connectivity index (χ0v) is 15.5. The number of nitrogen functional groups attached to an aromatic ring is 1. The van der Waals surface area contributed by atoms with E-state index in [1.807, 2.05) is 18.2 Å². The van der Waals surface area contributed by atoms with Crippen molar-refractivity contribution in [2.45, 2.75) is 50.2 Å². The smallest absolute Gasteiger partial charge is 0.230 e. The van der Waals surface area contributed by atoms with Gasteiger partial charge in [0.25, 0.3) is 0 Å². The third-order valence-corrected chi connectivity index (χ3v) is 5.15. The van der Waals surface area contributed by atoms with Crippen LogP contribution in [-0.4, -0.2) is 26.5 Å². The zero-order chi connectivity index (χ0) is 17.8. The number of nitrogens with zero attached hydrogens (tertiary/aromatic N) is 3. The van der Waals surface area contributed by atoms with Crippen LogP contribution in [0.1, 0.15) is 56.5 Å². The Morgan fingerprint density at radius 1 is 1.32 bits per heavy atom. The van der Waals surface area contributed by atoms with Gasteiger partial charge in [-0.25, -0.2) is 4.68 Å². The van der Waals surface area contributed by atoms with Crippen molar-refractivity contribution < 1.29 is 4.79 Å². The molecule has 0 radical (unpaired) electrons. The van der Waals surface area contributed by atoms with Crippen LogP contribution in [0, 0.1) is 5.92 Å². The second-order valence-electron chi connectivity index (χ2n) is 6.93. The number of carbonyl (C=O) groups excluding carboxylic acids is 1. The molecule has 1 heterocycles. The third-order valence-electron chi connectivity index (χ3n) is 4.21. The molecule has 1 saturated carbocycles. The third kappa shape index (κ3) is 4.75. The summed E-state index contributed by atoms with van der Waals surface area (Å²) in [6.07, 6.45) is 3.14. The van der Waals surface area contributed by atoms with E-state index in [1.54, 1.807) is 0 Å². The van der Waals surface area contributed by atoms with Crippen molar-refractivity contribution in [3.8, 4) is 0 Å². The molecule has 3 N–H and O–H groups in total. The van der Waals surface area contributed by atoms with Crippen molar-refractivity contribution in [1.29, 1.82) is 0 Å². The molecule has 0 spiro atoms. The molecular formula is C18H25N5OS. The summed E-state index contributed by atoms with van der Waals surface area (Å²) in [6.45, 7) is 4.32. The van der Waals surface area contributed by atoms with Crippen LogP contribution in [-0.2, 0) is 4.79 Å². The number of carbonyl (C=O) groups is 1. The zero-order valence-electron chi connectivity index (χ0n) is 14.7. The van der Waals surface area contributed by atoms with Gasteiger partial charge in [0.05, 0.1) is 11.8 Å². The number of amides is 1. The average Bonchev–Trinajstić information content (AvgIpc) is 3.36. The summed E-state index contributed by atoms with van der Waals surface area (Å²) in [4.78, 5) is 12.4. The normalized spacial score (nSPS) is 15.3. The largest absolute Gasteiger partial charge is 0.349 e. The van der Waals surface area contributed by atoms with Crippen LogP contribution in [0.15, 0.2) is 35.5 Å². The molecule has 1 aromatic heterocycles. The van der Waals surface area contributed by atoms with Crippen LogP contribution in [0.2, 0.25) is 0 Å². The number of rotatable bonds is 8. The SMILES string of the molecule is CC(C)C[C@@H](NC(=O)CSc1nnc(C2CC2)n1N)c1ccccc1. The second-order valence-corrected chi connectivity index (χ2v) is 7.88. The van der Waals surface area contributed by atoms with Gasteiger partial charge in [0, 0.05) is 5.92 Å². The quantitative estimate of drug-likeness (QED) is 0.559. The molecule has 7 heteroatoms. The second kappa shape index (κ2) is 7.91. The van der Waals surface area contributed by atoms with Gasteiger partial charge in [0.2, 0.25) is 11.1 Å². The first-order valence-corrected chi connectivity index (χ1v) is 9.70. The van der Waals surface area contributed by atoms with Crippen LogP contribution in [0.5, 0.6) is 0 Å². The van der Waals surface area contributed by atoms with Crippen LogP contribution >= 0.6 is 11.8 Å². The fourth-order valence-electron chi connectivity index (χ4n) is 2.81. The number of benzene rings is 1. The van der Waals surface area contributed by atoms with Gasteiger partial charge in [-0.1, -0.05) is 55.9 Å². The lowest BCUT2D eigenvalue weighted by Crippen LogP contribution is -2.31. The van der Waals surface area contributed by atoms with Crippen molar-refractivity contribution in [3.63, 3.8) is 0 Å². The number of aromatic nitrogens is 3. The topological polar surface area (TPSA) is 85.8 Å². The number of hydrogen-bond donors (Lipinski definition) is 2. The Balaban J connectivity index is 1.58. The van der Waals surface area contributed by atoms with E-state index in [2.05, 4.69) is 41.5 Å². The molecular weight excluding hydrogens is 334 g/mol. The molecule has 0 aliphatic heterocycles. The monoisotopic (exact) mass is 359 g/mol. The predicted molar refractivity (Wildman–Crippen MR) is 99.7 cm³/mol. The molecule has 2 aromatic rings. The van der Waals surface area contributed by atoms with E-state index in [-0.39, 0.29) is 17.7 Å². The lowest BCUT2D eigenvalue weighted by Gasteiger charge is -2.21. The molecule has 0 bridgehead atoms. The molecule has 1 fully saturated rings. The van der Waals surface area contributed by atoms with Crippen molar-refractivity contribution in [3.05, 3.63) is 41.7 Å². The fourth-order valence-corrected chi connectivity index (χ4v) is 3.48. The van der Waals surface area contributed by atoms with Gasteiger partial charge < -0.3 is 11.2 Å². The Hall–Kier alpha value is -2.02. The predicted octanol–water partition coefficient (Wildman–Crippen LogP) is 2.87. The van der Waals surface area contributed by atoms with Gasteiger partial charge in [0.15, 0.2) is 5.82 Å². The lowest BCUT2D eigenvalue weighted by atomic mass is 9.97. The Bertz CT molecular complexity index is 712. The summed E-state index contributed by atoms with van der Waals surface area (Å²) in [5.41, 5.74) is 1.13. The van der Waals surface area contributed by atoms with E-state index in [0.717, 1.165) is 30.7 Å². The fraction of sp³-hybridized carbons (Fsp3) is 0.500. The standard InChI is InChI=1S/C18H25N5OS/c1-12(2)10-15(13-6-4-3-5-7-13)20-16(24)11-25-18-22-21-17(23(18)19)14-8-9-14/h3-7,12,14-15H,8-11,19H2,1-2H3,(H,20,24)/t15-/m1/s1. The summed E-state index contributed by atoms with van der Waals surface area (Å²) in [5, 5.41) is 12.0. The highest BCUT2D eigenvalue weighted by Gasteiger charge is 2.30. The lowest BCUT2D eigenvalue weighted by molar-refractivity contribution is -0.119. The summed E-state index contributed by atoms with van der Waals surface area (Å²) >= 11 is 1.33. The van der Waals surface area contributed by atoms with Crippen LogP contribution < -0.4 is 11.2 Å². The minimum Gasteiger partial charge on any atom is -0.349 e. The maximum absolute atomic E-state index is 12.4.